The molecule has 0 aromatic rings. The van der Waals surface area contributed by atoms with E-state index >= 15 is 0 Å². The molecule has 49 heavy (non-hydrogen) atoms. The van der Waals surface area contributed by atoms with Gasteiger partial charge in [-0.1, -0.05) is 110 Å². The van der Waals surface area contributed by atoms with Crippen LogP contribution in [0.2, 0.25) is 0 Å². The first-order valence-electron chi connectivity index (χ1n) is 19.6. The second-order valence-corrected chi connectivity index (χ2v) is 12.9. The Hall–Kier alpha value is -1.74. The molecule has 0 rings (SSSR count). The van der Waals surface area contributed by atoms with Gasteiger partial charge in [-0.3, -0.25) is 9.59 Å². The van der Waals surface area contributed by atoms with Crippen LogP contribution in [0, 0.1) is 0 Å². The first kappa shape index (κ1) is 51.6. The summed E-state index contributed by atoms with van der Waals surface area (Å²) in [7, 11) is 0. The number of carbonyl (C=O) groups is 2. The Kier molecular flexibility index (Phi) is 46.7. The van der Waals surface area contributed by atoms with Gasteiger partial charge in [0.05, 0.1) is 12.2 Å². The number of ether oxygens (including phenoxy) is 2. The maximum Gasteiger partial charge on any atom is 0.305 e. The maximum atomic E-state index is 11.4. The molecule has 0 radical (unpaired) electrons. The van der Waals surface area contributed by atoms with E-state index in [9.17, 15) is 19.8 Å². The fraction of sp³-hybridized carbons (Fsp3) is 0.854. The molecule has 8 heteroatoms. The van der Waals surface area contributed by atoms with Crippen LogP contribution in [-0.2, 0) is 19.1 Å². The Labute approximate surface area is 302 Å². The summed E-state index contributed by atoms with van der Waals surface area (Å²) in [4.78, 5) is 22.9. The van der Waals surface area contributed by atoms with Crippen LogP contribution in [0.1, 0.15) is 188 Å². The Morgan fingerprint density at radius 2 is 0.735 bits per heavy atom. The van der Waals surface area contributed by atoms with E-state index in [1.807, 2.05) is 13.8 Å². The maximum absolute atomic E-state index is 11.4. The molecule has 0 saturated heterocycles. The van der Waals surface area contributed by atoms with Gasteiger partial charge < -0.3 is 29.9 Å². The summed E-state index contributed by atoms with van der Waals surface area (Å²) in [6.07, 6.45) is 34.9. The van der Waals surface area contributed by atoms with Crippen LogP contribution in [0.5, 0.6) is 0 Å². The van der Waals surface area contributed by atoms with Crippen LogP contribution in [0.25, 0.3) is 0 Å². The number of allylic oxidation sites excluding steroid dienone is 4. The van der Waals surface area contributed by atoms with Gasteiger partial charge in [-0.25, -0.2) is 0 Å². The molecule has 0 aliphatic heterocycles. The number of aliphatic hydroxyl groups is 4. The molecule has 0 aromatic carbocycles. The summed E-state index contributed by atoms with van der Waals surface area (Å²) in [5, 5.41) is 36.0. The molecule has 4 N–H and O–H groups in total. The highest BCUT2D eigenvalue weighted by molar-refractivity contribution is 5.69. The second kappa shape index (κ2) is 44.3. The van der Waals surface area contributed by atoms with Gasteiger partial charge in [-0.2, -0.15) is 0 Å². The Balaban J connectivity index is -0.000000846. The molecule has 2 atom stereocenters. The molecule has 292 valence electrons. The number of hydrogen-bond acceptors (Lipinski definition) is 8. The lowest BCUT2D eigenvalue weighted by Crippen LogP contribution is -2.17. The van der Waals surface area contributed by atoms with E-state index in [-0.39, 0.29) is 32.6 Å². The van der Waals surface area contributed by atoms with Crippen molar-refractivity contribution in [2.75, 3.05) is 26.4 Å². The van der Waals surface area contributed by atoms with E-state index in [0.29, 0.717) is 38.9 Å². The molecule has 8 nitrogen and oxygen atoms in total. The molecule has 0 saturated carbocycles. The predicted octanol–water partition coefficient (Wildman–Crippen LogP) is 9.70. The van der Waals surface area contributed by atoms with Crippen molar-refractivity contribution in [3.05, 3.63) is 24.3 Å². The topological polar surface area (TPSA) is 134 Å². The second-order valence-electron chi connectivity index (χ2n) is 12.9. The lowest BCUT2D eigenvalue weighted by molar-refractivity contribution is -0.147. The third-order valence-electron chi connectivity index (χ3n) is 8.21. The minimum absolute atomic E-state index is 0. The van der Waals surface area contributed by atoms with Crippen molar-refractivity contribution < 1.29 is 39.5 Å². The summed E-state index contributed by atoms with van der Waals surface area (Å²) < 4.78 is 10.00. The molecule has 0 aliphatic carbocycles. The number of esters is 2. The third-order valence-corrected chi connectivity index (χ3v) is 8.21. The van der Waals surface area contributed by atoms with Gasteiger partial charge >= 0.3 is 11.9 Å². The van der Waals surface area contributed by atoms with Crippen molar-refractivity contribution in [3.8, 4) is 0 Å². The fourth-order valence-electron chi connectivity index (χ4n) is 4.81. The largest absolute Gasteiger partial charge is 0.463 e. The van der Waals surface area contributed by atoms with Crippen LogP contribution in [0.4, 0.5) is 0 Å². The summed E-state index contributed by atoms with van der Waals surface area (Å²) in [6, 6.07) is 0. The van der Waals surface area contributed by atoms with E-state index in [1.54, 1.807) is 0 Å². The van der Waals surface area contributed by atoms with E-state index < -0.39 is 12.2 Å². The minimum atomic E-state index is -0.525. The Morgan fingerprint density at radius 1 is 0.469 bits per heavy atom. The molecule has 2 unspecified atom stereocenters. The smallest absolute Gasteiger partial charge is 0.305 e. The van der Waals surface area contributed by atoms with Crippen LogP contribution in [-0.4, -0.2) is 71.0 Å². The standard InChI is InChI=1S/2C20H38O4.CH4/c2*1-2-19(22)18-24-20(23)16-14-12-10-8-6-4-3-5-7-9-11-13-15-17-21;/h2*3,5,19,21-22H,2,4,6-18H2,1H3;1H4/b5-3+;5-3-;. The van der Waals surface area contributed by atoms with Crippen molar-refractivity contribution in [3.63, 3.8) is 0 Å². The Morgan fingerprint density at radius 3 is 1.02 bits per heavy atom. The normalized spacial score (nSPS) is 12.4. The zero-order valence-corrected chi connectivity index (χ0v) is 31.1. The molecule has 0 aromatic heterocycles. The molecule has 0 aliphatic rings. The molecule has 0 amide bonds. The van der Waals surface area contributed by atoms with E-state index in [1.165, 1.54) is 64.2 Å². The summed E-state index contributed by atoms with van der Waals surface area (Å²) >= 11 is 0. The first-order chi connectivity index (χ1) is 23.4. The Bertz CT molecular complexity index is 664. The highest BCUT2D eigenvalue weighted by atomic mass is 16.5. The number of unbranched alkanes of at least 4 members (excludes halogenated alkanes) is 18. The van der Waals surface area contributed by atoms with Gasteiger partial charge in [0.1, 0.15) is 13.2 Å². The van der Waals surface area contributed by atoms with E-state index in [2.05, 4.69) is 24.3 Å². The summed E-state index contributed by atoms with van der Waals surface area (Å²) in [5.41, 5.74) is 0. The zero-order valence-electron chi connectivity index (χ0n) is 31.1. The van der Waals surface area contributed by atoms with Gasteiger partial charge in [0.25, 0.3) is 0 Å². The van der Waals surface area contributed by atoms with Crippen LogP contribution < -0.4 is 0 Å². The highest BCUT2D eigenvalue weighted by Gasteiger charge is 2.07. The van der Waals surface area contributed by atoms with E-state index in [0.717, 1.165) is 77.0 Å². The highest BCUT2D eigenvalue weighted by Crippen LogP contribution is 2.11. The lowest BCUT2D eigenvalue weighted by Gasteiger charge is -2.08. The number of hydrogen-bond donors (Lipinski definition) is 4. The van der Waals surface area contributed by atoms with Gasteiger partial charge in [-0.05, 0) is 89.9 Å². The number of aliphatic hydroxyl groups excluding tert-OH is 4. The van der Waals surface area contributed by atoms with Crippen LogP contribution >= 0.6 is 0 Å². The van der Waals surface area contributed by atoms with E-state index in [4.69, 9.17) is 19.7 Å². The summed E-state index contributed by atoms with van der Waals surface area (Å²) in [6.45, 7) is 4.63. The van der Waals surface area contributed by atoms with Crippen molar-refractivity contribution in [1.82, 2.24) is 0 Å². The molecular weight excluding hydrogens is 620 g/mol. The average molecular weight is 701 g/mol. The minimum Gasteiger partial charge on any atom is -0.463 e. The first-order valence-corrected chi connectivity index (χ1v) is 19.6. The third kappa shape index (κ3) is 46.3. The van der Waals surface area contributed by atoms with Gasteiger partial charge in [0.15, 0.2) is 0 Å². The monoisotopic (exact) mass is 701 g/mol. The molecule has 0 bridgehead atoms. The van der Waals surface area contributed by atoms with Crippen LogP contribution in [0.3, 0.4) is 0 Å². The van der Waals surface area contributed by atoms with Gasteiger partial charge in [0, 0.05) is 26.1 Å². The number of carbonyl (C=O) groups excluding carboxylic acids is 2. The van der Waals surface area contributed by atoms with Gasteiger partial charge in [-0.15, -0.1) is 0 Å². The van der Waals surface area contributed by atoms with Crippen molar-refractivity contribution >= 4 is 11.9 Å². The molecule has 0 spiro atoms. The molecule has 0 heterocycles. The summed E-state index contributed by atoms with van der Waals surface area (Å²) in [5.74, 6) is -0.381. The number of rotatable bonds is 34. The average Bonchev–Trinajstić information content (AvgIpc) is 3.10. The van der Waals surface area contributed by atoms with Crippen LogP contribution in [0.15, 0.2) is 24.3 Å². The van der Waals surface area contributed by atoms with Crippen molar-refractivity contribution in [2.45, 2.75) is 200 Å². The van der Waals surface area contributed by atoms with Crippen molar-refractivity contribution in [2.24, 2.45) is 0 Å². The zero-order chi connectivity index (χ0) is 35.8. The predicted molar refractivity (Wildman–Crippen MR) is 205 cm³/mol. The fourth-order valence-corrected chi connectivity index (χ4v) is 4.81. The SMILES string of the molecule is C.CCC(O)COC(=O)CCCCCCC/C=C/CCCCCCO.CCC(O)COC(=O)CCCCCCC/C=C\CCCCCCO. The lowest BCUT2D eigenvalue weighted by atomic mass is 10.1. The van der Waals surface area contributed by atoms with Gasteiger partial charge in [0.2, 0.25) is 0 Å². The molecule has 0 fully saturated rings. The van der Waals surface area contributed by atoms with Crippen molar-refractivity contribution in [1.29, 1.82) is 0 Å². The quantitative estimate of drug-likeness (QED) is 0.0296. The molecular formula is C41H80O8.